The van der Waals surface area contributed by atoms with Crippen LogP contribution in [-0.4, -0.2) is 36.8 Å². The van der Waals surface area contributed by atoms with Gasteiger partial charge in [-0.25, -0.2) is 4.98 Å². The number of nitrogens with zero attached hydrogens (tertiary/aromatic N) is 1. The molecule has 1 atom stereocenters. The third-order valence-corrected chi connectivity index (χ3v) is 5.64. The summed E-state index contributed by atoms with van der Waals surface area (Å²) in [6.45, 7) is 1.67. The molecule has 2 heterocycles. The Morgan fingerprint density at radius 2 is 2.12 bits per heavy atom. The second kappa shape index (κ2) is 8.65. The molecule has 1 unspecified atom stereocenters. The number of aromatic nitrogens is 1. The summed E-state index contributed by atoms with van der Waals surface area (Å²) in [5.74, 6) is 1.55. The van der Waals surface area contributed by atoms with Crippen LogP contribution < -0.4 is 10.1 Å². The van der Waals surface area contributed by atoms with Gasteiger partial charge < -0.3 is 14.2 Å². The van der Waals surface area contributed by atoms with Gasteiger partial charge in [0, 0.05) is 22.3 Å². The molecule has 1 aliphatic rings. The van der Waals surface area contributed by atoms with E-state index in [-0.39, 0.29) is 0 Å². The monoisotopic (exact) mass is 362 g/mol. The summed E-state index contributed by atoms with van der Waals surface area (Å²) >= 11 is 3.31. The SMILES string of the molecule is COc1ccc(-c2ccc(SC)cc2)nc1NCC1CCCOS1. The van der Waals surface area contributed by atoms with Gasteiger partial charge in [0.25, 0.3) is 0 Å². The Hall–Kier alpha value is -1.37. The minimum atomic E-state index is 0.453. The fourth-order valence-corrected chi connectivity index (χ4v) is 3.80. The second-order valence-electron chi connectivity index (χ2n) is 5.54. The van der Waals surface area contributed by atoms with E-state index in [0.29, 0.717) is 5.25 Å². The molecule has 0 radical (unpaired) electrons. The predicted molar refractivity (Wildman–Crippen MR) is 103 cm³/mol. The van der Waals surface area contributed by atoms with E-state index in [4.69, 9.17) is 13.9 Å². The Kier molecular flexibility index (Phi) is 6.29. The maximum Gasteiger partial charge on any atom is 0.169 e. The van der Waals surface area contributed by atoms with Gasteiger partial charge in [-0.05, 0) is 55.4 Å². The van der Waals surface area contributed by atoms with Gasteiger partial charge in [0.2, 0.25) is 0 Å². The Morgan fingerprint density at radius 1 is 1.29 bits per heavy atom. The Balaban J connectivity index is 1.76. The first-order chi connectivity index (χ1) is 11.8. The van der Waals surface area contributed by atoms with Crippen molar-refractivity contribution >= 4 is 29.6 Å². The molecule has 3 rings (SSSR count). The highest BCUT2D eigenvalue weighted by molar-refractivity contribution is 7.98. The summed E-state index contributed by atoms with van der Waals surface area (Å²) in [5.41, 5.74) is 2.05. The van der Waals surface area contributed by atoms with Crippen LogP contribution in [0.5, 0.6) is 5.75 Å². The molecule has 6 heteroatoms. The van der Waals surface area contributed by atoms with Crippen molar-refractivity contribution < 1.29 is 8.92 Å². The van der Waals surface area contributed by atoms with Gasteiger partial charge in [-0.2, -0.15) is 0 Å². The zero-order valence-electron chi connectivity index (χ0n) is 14.0. The molecule has 0 aliphatic carbocycles. The molecule has 1 aliphatic heterocycles. The highest BCUT2D eigenvalue weighted by Crippen LogP contribution is 2.29. The Morgan fingerprint density at radius 3 is 2.79 bits per heavy atom. The van der Waals surface area contributed by atoms with E-state index < -0.39 is 0 Å². The van der Waals surface area contributed by atoms with Crippen molar-refractivity contribution in [3.8, 4) is 17.0 Å². The zero-order chi connectivity index (χ0) is 16.8. The largest absolute Gasteiger partial charge is 0.493 e. The predicted octanol–water partition coefficient (Wildman–Crippen LogP) is 4.72. The van der Waals surface area contributed by atoms with Gasteiger partial charge in [-0.1, -0.05) is 12.1 Å². The third kappa shape index (κ3) is 4.37. The van der Waals surface area contributed by atoms with Gasteiger partial charge in [0.1, 0.15) is 0 Å². The summed E-state index contributed by atoms with van der Waals surface area (Å²) in [6.07, 6.45) is 4.36. The molecular formula is C18H22N2O2S2. The smallest absolute Gasteiger partial charge is 0.169 e. The summed E-state index contributed by atoms with van der Waals surface area (Å²) in [5, 5.41) is 3.88. The maximum absolute atomic E-state index is 5.46. The molecule has 0 amide bonds. The summed E-state index contributed by atoms with van der Waals surface area (Å²) in [4.78, 5) is 6.01. The van der Waals surface area contributed by atoms with Gasteiger partial charge in [-0.15, -0.1) is 11.8 Å². The third-order valence-electron chi connectivity index (χ3n) is 3.92. The molecule has 128 valence electrons. The Labute approximate surface area is 151 Å². The van der Waals surface area contributed by atoms with Crippen molar-refractivity contribution in [2.24, 2.45) is 0 Å². The number of methoxy groups -OCH3 is 1. The van der Waals surface area contributed by atoms with Crippen LogP contribution in [-0.2, 0) is 4.18 Å². The lowest BCUT2D eigenvalue weighted by Gasteiger charge is -2.21. The molecule has 0 bridgehead atoms. The van der Waals surface area contributed by atoms with E-state index in [0.717, 1.165) is 48.8 Å². The van der Waals surface area contributed by atoms with Crippen molar-refractivity contribution in [2.45, 2.75) is 23.0 Å². The Bertz CT molecular complexity index is 659. The van der Waals surface area contributed by atoms with Gasteiger partial charge in [0.15, 0.2) is 11.6 Å². The van der Waals surface area contributed by atoms with Crippen molar-refractivity contribution in [3.63, 3.8) is 0 Å². The first kappa shape index (κ1) is 17.5. The lowest BCUT2D eigenvalue weighted by molar-refractivity contribution is 0.332. The molecule has 1 fully saturated rings. The zero-order valence-corrected chi connectivity index (χ0v) is 15.6. The van der Waals surface area contributed by atoms with Crippen LogP contribution in [0.1, 0.15) is 12.8 Å². The van der Waals surface area contributed by atoms with E-state index in [2.05, 4.69) is 35.8 Å². The number of thioether (sulfide) groups is 1. The number of hydrogen-bond donors (Lipinski definition) is 1. The van der Waals surface area contributed by atoms with Crippen LogP contribution in [0, 0.1) is 0 Å². The molecule has 2 aromatic rings. The van der Waals surface area contributed by atoms with Crippen LogP contribution in [0.4, 0.5) is 5.82 Å². The molecule has 1 aromatic carbocycles. The van der Waals surface area contributed by atoms with Crippen molar-refractivity contribution in [3.05, 3.63) is 36.4 Å². The number of nitrogens with one attached hydrogen (secondary N) is 1. The van der Waals surface area contributed by atoms with E-state index in [9.17, 15) is 0 Å². The van der Waals surface area contributed by atoms with Crippen LogP contribution in [0.3, 0.4) is 0 Å². The normalized spacial score (nSPS) is 17.5. The minimum Gasteiger partial charge on any atom is -0.493 e. The average molecular weight is 363 g/mol. The maximum atomic E-state index is 5.46. The quantitative estimate of drug-likeness (QED) is 0.592. The number of hydrogen-bond acceptors (Lipinski definition) is 6. The molecule has 0 saturated carbocycles. The fourth-order valence-electron chi connectivity index (χ4n) is 2.57. The van der Waals surface area contributed by atoms with E-state index in [1.165, 1.54) is 4.90 Å². The van der Waals surface area contributed by atoms with Gasteiger partial charge in [-0.3, -0.25) is 0 Å². The average Bonchev–Trinajstić information content (AvgIpc) is 2.67. The lowest BCUT2D eigenvalue weighted by Crippen LogP contribution is -2.21. The van der Waals surface area contributed by atoms with Gasteiger partial charge >= 0.3 is 0 Å². The van der Waals surface area contributed by atoms with E-state index in [1.807, 2.05) is 12.1 Å². The molecule has 1 saturated heterocycles. The molecule has 1 aromatic heterocycles. The molecule has 4 nitrogen and oxygen atoms in total. The number of benzene rings is 1. The highest BCUT2D eigenvalue weighted by atomic mass is 32.2. The lowest BCUT2D eigenvalue weighted by atomic mass is 10.1. The number of anilines is 1. The highest BCUT2D eigenvalue weighted by Gasteiger charge is 2.16. The van der Waals surface area contributed by atoms with Gasteiger partial charge in [0.05, 0.1) is 19.4 Å². The molecule has 24 heavy (non-hydrogen) atoms. The molecule has 0 spiro atoms. The van der Waals surface area contributed by atoms with E-state index >= 15 is 0 Å². The first-order valence-corrected chi connectivity index (χ1v) is 10.0. The summed E-state index contributed by atoms with van der Waals surface area (Å²) < 4.78 is 10.9. The topological polar surface area (TPSA) is 43.4 Å². The number of ether oxygens (including phenoxy) is 1. The van der Waals surface area contributed by atoms with Crippen molar-refractivity contribution in [1.29, 1.82) is 0 Å². The van der Waals surface area contributed by atoms with Crippen molar-refractivity contribution in [2.75, 3.05) is 31.8 Å². The van der Waals surface area contributed by atoms with Crippen molar-refractivity contribution in [1.82, 2.24) is 4.98 Å². The number of pyridine rings is 1. The van der Waals surface area contributed by atoms with Crippen LogP contribution in [0.25, 0.3) is 11.3 Å². The number of rotatable bonds is 6. The van der Waals surface area contributed by atoms with Crippen LogP contribution in [0.2, 0.25) is 0 Å². The summed E-state index contributed by atoms with van der Waals surface area (Å²) in [7, 11) is 1.67. The van der Waals surface area contributed by atoms with E-state index in [1.54, 1.807) is 30.9 Å². The summed E-state index contributed by atoms with van der Waals surface area (Å²) in [6, 6.07) is 12.4. The fraction of sp³-hybridized carbons (Fsp3) is 0.389. The first-order valence-electron chi connectivity index (χ1n) is 8.02. The molecular weight excluding hydrogens is 340 g/mol. The minimum absolute atomic E-state index is 0.453. The van der Waals surface area contributed by atoms with Crippen LogP contribution in [0.15, 0.2) is 41.3 Å². The van der Waals surface area contributed by atoms with Crippen LogP contribution >= 0.6 is 23.8 Å². The second-order valence-corrected chi connectivity index (χ2v) is 7.51. The standard InChI is InChI=1S/C18H22N2O2S2/c1-21-17-10-9-16(13-5-7-14(23-2)8-6-13)20-18(17)19-12-15-4-3-11-22-24-15/h5-10,15H,3-4,11-12H2,1-2H3,(H,19,20). The molecule has 1 N–H and O–H groups in total.